The Balaban J connectivity index is -0.000000701. The Hall–Kier alpha value is -1.96. The van der Waals surface area contributed by atoms with Crippen molar-refractivity contribution in [1.29, 1.82) is 0 Å². The Morgan fingerprint density at radius 1 is 0.850 bits per heavy atom. The molecule has 1 aliphatic heterocycles. The molecule has 0 radical (unpaired) electrons. The van der Waals surface area contributed by atoms with E-state index >= 15 is 0 Å². The predicted octanol–water partition coefficient (Wildman–Crippen LogP) is -1.53. The third-order valence-electron chi connectivity index (χ3n) is 4.20. The predicted molar refractivity (Wildman–Crippen MR) is 138 cm³/mol. The van der Waals surface area contributed by atoms with Gasteiger partial charge in [0.25, 0.3) is 0 Å². The zero-order chi connectivity index (χ0) is 31.5. The first-order valence-electron chi connectivity index (χ1n) is 12.0. The number of halogens is 4. The highest BCUT2D eigenvalue weighted by molar-refractivity contribution is 6.32. The summed E-state index contributed by atoms with van der Waals surface area (Å²) in [5.74, 6) is 1.45. The number of rotatable bonds is 9. The van der Waals surface area contributed by atoms with Crippen LogP contribution in [0.2, 0.25) is 0 Å². The molecule has 0 aromatic heterocycles. The minimum absolute atomic E-state index is 0.00730. The summed E-state index contributed by atoms with van der Waals surface area (Å²) in [4.78, 5) is 5.71. The highest BCUT2D eigenvalue weighted by atomic mass is 19.1. The van der Waals surface area contributed by atoms with Crippen molar-refractivity contribution in [3.05, 3.63) is 29.2 Å². The Morgan fingerprint density at radius 3 is 1.62 bits per heavy atom. The van der Waals surface area contributed by atoms with Gasteiger partial charge in [-0.15, -0.1) is 0 Å². The van der Waals surface area contributed by atoms with Crippen LogP contribution in [0, 0.1) is 0 Å². The number of hydrogen-bond donors (Lipinski definition) is 8. The molecule has 22 heteroatoms. The molecule has 0 spiro atoms. The van der Waals surface area contributed by atoms with Crippen LogP contribution in [-0.4, -0.2) is 131 Å². The van der Waals surface area contributed by atoms with E-state index in [4.69, 9.17) is 54.4 Å². The van der Waals surface area contributed by atoms with Gasteiger partial charge in [0.1, 0.15) is 5.76 Å². The van der Waals surface area contributed by atoms with Crippen molar-refractivity contribution in [3.63, 3.8) is 0 Å². The maximum absolute atomic E-state index is 10.1. The largest absolute Gasteiger partial charge is 0.674 e. The van der Waals surface area contributed by atoms with E-state index in [0.29, 0.717) is 24.7 Å². The van der Waals surface area contributed by atoms with E-state index in [9.17, 15) is 22.8 Å². The maximum Gasteiger partial charge on any atom is 0.674 e. The smallest absolute Gasteiger partial charge is 0.496 e. The van der Waals surface area contributed by atoms with Gasteiger partial charge < -0.3 is 59.9 Å². The molecule has 0 saturated carbocycles. The lowest BCUT2D eigenvalue weighted by Crippen LogP contribution is -2.45. The van der Waals surface area contributed by atoms with Crippen molar-refractivity contribution in [2.45, 2.75) is 45.6 Å². The molecular weight excluding hydrogens is 553 g/mol. The number of allylic oxidation sites excluding steroid dienone is 1. The summed E-state index contributed by atoms with van der Waals surface area (Å²) >= 11 is 0. The average Bonchev–Trinajstić information content (AvgIpc) is 2.84. The monoisotopic (exact) mass is 591 g/mol. The van der Waals surface area contributed by atoms with Crippen LogP contribution in [0.4, 0.5) is 17.3 Å². The van der Waals surface area contributed by atoms with Crippen molar-refractivity contribution < 1.29 is 76.5 Å². The molecule has 1 saturated heterocycles. The maximum atomic E-state index is 10.1. The second-order valence-corrected chi connectivity index (χ2v) is 7.30. The third kappa shape index (κ3) is 30.6. The summed E-state index contributed by atoms with van der Waals surface area (Å²) in [6.45, 7) is 8.69. The fraction of sp³-hybridized carbons (Fsp3) is 0.722. The molecule has 8 N–H and O–H groups in total. The number of nitrogens with zero attached hydrogens (tertiary/aromatic N) is 3. The van der Waals surface area contributed by atoms with E-state index in [2.05, 4.69) is 23.5 Å². The third-order valence-corrected chi connectivity index (χ3v) is 4.20. The minimum atomic E-state index is -2.67. The van der Waals surface area contributed by atoms with Crippen LogP contribution in [0.15, 0.2) is 23.7 Å². The quantitative estimate of drug-likeness (QED) is 0.0503. The zero-order valence-electron chi connectivity index (χ0n) is 22.3. The fourth-order valence-electron chi connectivity index (χ4n) is 2.73. The normalized spacial score (nSPS) is 15.8. The molecule has 40 heavy (non-hydrogen) atoms. The Kier molecular flexibility index (Phi) is 30.4. The van der Waals surface area contributed by atoms with E-state index in [1.165, 1.54) is 0 Å². The highest BCUT2D eigenvalue weighted by Gasteiger charge is 2.33. The molecule has 1 atom stereocenters. The van der Waals surface area contributed by atoms with Gasteiger partial charge in [-0.25, -0.2) is 0 Å². The van der Waals surface area contributed by atoms with Gasteiger partial charge in [0.2, 0.25) is 5.76 Å². The van der Waals surface area contributed by atoms with Crippen LogP contribution in [-0.2, 0) is 14.2 Å². The Morgan fingerprint density at radius 2 is 1.25 bits per heavy atom. The molecule has 1 unspecified atom stereocenters. The van der Waals surface area contributed by atoms with E-state index < -0.39 is 29.6 Å². The van der Waals surface area contributed by atoms with Gasteiger partial charge in [0.15, 0.2) is 0 Å². The van der Waals surface area contributed by atoms with Crippen LogP contribution in [0.5, 0.6) is 0 Å². The van der Waals surface area contributed by atoms with E-state index in [-0.39, 0.29) is 6.04 Å². The molecule has 0 bridgehead atoms. The summed E-state index contributed by atoms with van der Waals surface area (Å²) in [5.41, 5.74) is 9.77. The zero-order valence-corrected chi connectivity index (χ0v) is 22.3. The van der Waals surface area contributed by atoms with E-state index in [1.807, 2.05) is 6.08 Å². The number of morpholine rings is 1. The average molecular weight is 591 g/mol. The van der Waals surface area contributed by atoms with Gasteiger partial charge in [-0.1, -0.05) is 26.7 Å². The van der Waals surface area contributed by atoms with Gasteiger partial charge in [0, 0.05) is 13.1 Å². The minimum Gasteiger partial charge on any atom is -0.496 e. The lowest BCUT2D eigenvalue weighted by atomic mass is 10.0. The molecule has 0 aromatic carbocycles. The van der Waals surface area contributed by atoms with Crippen molar-refractivity contribution in [3.8, 4) is 0 Å². The molecule has 1 heterocycles. The molecule has 0 aromatic rings. The second kappa shape index (κ2) is 28.6. The summed E-state index contributed by atoms with van der Waals surface area (Å²) in [6, 6.07) is 0.00730. The molecule has 2 rings (SSSR count). The SMILES string of the molecule is CCCCOC1=CC(N2CCOCC2)C(OCCCC)=CC1=[N+]=[N-].OB(O)F.OB(O)F.OB(O)F.OB(O)F. The molecule has 14 nitrogen and oxygen atoms in total. The van der Waals surface area contributed by atoms with Crippen LogP contribution >= 0.6 is 0 Å². The topological polar surface area (TPSA) is 229 Å². The number of ether oxygens (including phenoxy) is 3. The lowest BCUT2D eigenvalue weighted by Gasteiger charge is -2.35. The molecule has 1 aliphatic carbocycles. The summed E-state index contributed by atoms with van der Waals surface area (Å²) in [6.07, 6.45) is 7.93. The standard InChI is InChI=1S/C18H29N3O3.4BFH2O2/c1-3-5-9-23-17-14-16(21-7-11-22-12-8-21)18(13-15(17)20-19)24-10-6-4-2;4*2-1(3)4/h13-14,16H,3-12H2,1-2H3;4*3-4H. The van der Waals surface area contributed by atoms with Crippen molar-refractivity contribution >= 4 is 35.3 Å². The summed E-state index contributed by atoms with van der Waals surface area (Å²) in [7, 11) is -10.7. The van der Waals surface area contributed by atoms with Gasteiger partial charge in [0.05, 0.1) is 38.5 Å². The number of hydrogen-bond acceptors (Lipinski definition) is 12. The fourth-order valence-corrected chi connectivity index (χ4v) is 2.73. The first kappa shape index (κ1) is 42.5. The van der Waals surface area contributed by atoms with Crippen molar-refractivity contribution in [2.75, 3.05) is 39.5 Å². The molecule has 1 fully saturated rings. The van der Waals surface area contributed by atoms with Gasteiger partial charge >= 0.3 is 35.3 Å². The molecule has 2 aliphatic rings. The van der Waals surface area contributed by atoms with Crippen molar-refractivity contribution in [2.24, 2.45) is 0 Å². The van der Waals surface area contributed by atoms with Gasteiger partial charge in [-0.3, -0.25) is 22.2 Å². The van der Waals surface area contributed by atoms with Gasteiger partial charge in [-0.2, -0.15) is 4.79 Å². The molecule has 0 amide bonds. The Bertz CT molecular complexity index is 686. The van der Waals surface area contributed by atoms with E-state index in [0.717, 1.165) is 57.7 Å². The molecule has 230 valence electrons. The van der Waals surface area contributed by atoms with Crippen LogP contribution < -0.4 is 0 Å². The Labute approximate surface area is 231 Å². The van der Waals surface area contributed by atoms with Crippen LogP contribution in [0.3, 0.4) is 0 Å². The lowest BCUT2D eigenvalue weighted by molar-refractivity contribution is -0.0107. The van der Waals surface area contributed by atoms with Crippen molar-refractivity contribution in [1.82, 2.24) is 4.90 Å². The second-order valence-electron chi connectivity index (χ2n) is 7.30. The first-order chi connectivity index (χ1) is 18.7. The summed E-state index contributed by atoms with van der Waals surface area (Å²) < 4.78 is 57.7. The number of unbranched alkanes of at least 4 members (excludes halogenated alkanes) is 2. The molecular formula is C18H37B4F4N3O11. The van der Waals surface area contributed by atoms with Gasteiger partial charge in [-0.05, 0) is 18.9 Å². The summed E-state index contributed by atoms with van der Waals surface area (Å²) in [5, 5.41) is 55.6. The van der Waals surface area contributed by atoms with Crippen LogP contribution in [0.25, 0.3) is 5.53 Å². The highest BCUT2D eigenvalue weighted by Crippen LogP contribution is 2.24. The first-order valence-corrected chi connectivity index (χ1v) is 12.0. The van der Waals surface area contributed by atoms with Crippen LogP contribution in [0.1, 0.15) is 39.5 Å². The van der Waals surface area contributed by atoms with E-state index in [1.54, 1.807) is 6.08 Å².